The van der Waals surface area contributed by atoms with Crippen molar-refractivity contribution >= 4 is 11.3 Å². The van der Waals surface area contributed by atoms with E-state index in [0.717, 1.165) is 45.2 Å². The minimum absolute atomic E-state index is 0.908. The first-order valence-electron chi connectivity index (χ1n) is 7.88. The predicted octanol–water partition coefficient (Wildman–Crippen LogP) is 1.78. The summed E-state index contributed by atoms with van der Waals surface area (Å²) in [7, 11) is 0. The van der Waals surface area contributed by atoms with Gasteiger partial charge in [-0.25, -0.2) is 4.98 Å². The summed E-state index contributed by atoms with van der Waals surface area (Å²) in [4.78, 5) is 11.1. The van der Waals surface area contributed by atoms with Gasteiger partial charge in [0, 0.05) is 43.8 Å². The third-order valence-corrected chi connectivity index (χ3v) is 5.39. The average molecular weight is 294 g/mol. The molecule has 4 nitrogen and oxygen atoms in total. The number of hydrogen-bond donors (Lipinski definition) is 1. The van der Waals surface area contributed by atoms with Crippen LogP contribution in [0.15, 0.2) is 6.20 Å². The highest BCUT2D eigenvalue weighted by Gasteiger charge is 2.17. The molecule has 0 spiro atoms. The van der Waals surface area contributed by atoms with Gasteiger partial charge in [0.1, 0.15) is 5.01 Å². The maximum atomic E-state index is 4.63. The standard InChI is InChI=1S/C15H26N4S/c1-13-2-6-18(7-3-13)12-15-17-10-14(20-15)11-19-8-4-16-5-9-19/h10,13,16H,2-9,11-12H2,1H3. The van der Waals surface area contributed by atoms with Crippen molar-refractivity contribution in [3.63, 3.8) is 0 Å². The summed E-state index contributed by atoms with van der Waals surface area (Å²) in [5.74, 6) is 0.908. The van der Waals surface area contributed by atoms with Crippen molar-refractivity contribution in [2.24, 2.45) is 5.92 Å². The first-order chi connectivity index (χ1) is 9.79. The van der Waals surface area contributed by atoms with E-state index in [1.165, 1.54) is 35.8 Å². The Bertz CT molecular complexity index is 406. The number of likely N-dealkylation sites (tertiary alicyclic amines) is 1. The Morgan fingerprint density at radius 3 is 2.60 bits per heavy atom. The molecule has 112 valence electrons. The van der Waals surface area contributed by atoms with Crippen molar-refractivity contribution in [2.45, 2.75) is 32.9 Å². The molecule has 2 aliphatic rings. The van der Waals surface area contributed by atoms with Gasteiger partial charge in [0.25, 0.3) is 0 Å². The number of piperazine rings is 1. The van der Waals surface area contributed by atoms with E-state index in [1.807, 2.05) is 11.3 Å². The summed E-state index contributed by atoms with van der Waals surface area (Å²) in [5, 5.41) is 4.70. The van der Waals surface area contributed by atoms with Crippen LogP contribution >= 0.6 is 11.3 Å². The Labute approximate surface area is 126 Å². The molecule has 0 saturated carbocycles. The quantitative estimate of drug-likeness (QED) is 0.917. The Hall–Kier alpha value is -0.490. The highest BCUT2D eigenvalue weighted by Crippen LogP contribution is 2.21. The van der Waals surface area contributed by atoms with Crippen molar-refractivity contribution in [1.29, 1.82) is 0 Å². The van der Waals surface area contributed by atoms with Gasteiger partial charge in [0.05, 0.1) is 6.54 Å². The molecule has 0 amide bonds. The maximum Gasteiger partial charge on any atom is 0.107 e. The van der Waals surface area contributed by atoms with Gasteiger partial charge in [-0.3, -0.25) is 9.80 Å². The van der Waals surface area contributed by atoms with Crippen molar-refractivity contribution < 1.29 is 0 Å². The first-order valence-corrected chi connectivity index (χ1v) is 8.70. The van der Waals surface area contributed by atoms with Gasteiger partial charge in [-0.2, -0.15) is 0 Å². The molecule has 1 aromatic heterocycles. The van der Waals surface area contributed by atoms with Crippen LogP contribution in [0, 0.1) is 5.92 Å². The van der Waals surface area contributed by atoms with Gasteiger partial charge in [-0.1, -0.05) is 6.92 Å². The normalized spacial score (nSPS) is 23.2. The summed E-state index contributed by atoms with van der Waals surface area (Å²) < 4.78 is 0. The fourth-order valence-electron chi connectivity index (χ4n) is 3.00. The summed E-state index contributed by atoms with van der Waals surface area (Å²) in [6.07, 6.45) is 4.78. The fourth-order valence-corrected chi connectivity index (χ4v) is 4.00. The molecule has 0 atom stereocenters. The smallest absolute Gasteiger partial charge is 0.107 e. The van der Waals surface area contributed by atoms with Crippen LogP contribution in [-0.4, -0.2) is 54.1 Å². The number of thiazole rings is 1. The van der Waals surface area contributed by atoms with E-state index in [-0.39, 0.29) is 0 Å². The molecule has 0 aromatic carbocycles. The molecule has 0 unspecified atom stereocenters. The number of nitrogens with zero attached hydrogens (tertiary/aromatic N) is 3. The molecule has 2 saturated heterocycles. The number of rotatable bonds is 4. The second-order valence-corrected chi connectivity index (χ2v) is 7.40. The van der Waals surface area contributed by atoms with Crippen molar-refractivity contribution in [3.8, 4) is 0 Å². The van der Waals surface area contributed by atoms with E-state index in [0.29, 0.717) is 0 Å². The molecule has 3 rings (SSSR count). The van der Waals surface area contributed by atoms with E-state index in [2.05, 4.69) is 33.2 Å². The molecule has 2 aliphatic heterocycles. The lowest BCUT2D eigenvalue weighted by Crippen LogP contribution is -2.42. The molecule has 0 radical (unpaired) electrons. The van der Waals surface area contributed by atoms with Crippen LogP contribution in [0.4, 0.5) is 0 Å². The molecule has 1 aromatic rings. The molecule has 20 heavy (non-hydrogen) atoms. The van der Waals surface area contributed by atoms with Crippen LogP contribution in [0.5, 0.6) is 0 Å². The zero-order valence-corrected chi connectivity index (χ0v) is 13.3. The Morgan fingerprint density at radius 2 is 1.85 bits per heavy atom. The molecular formula is C15H26N4S. The molecule has 1 N–H and O–H groups in total. The van der Waals surface area contributed by atoms with E-state index in [9.17, 15) is 0 Å². The SMILES string of the molecule is CC1CCN(Cc2ncc(CN3CCNCC3)s2)CC1. The van der Waals surface area contributed by atoms with E-state index in [4.69, 9.17) is 0 Å². The van der Waals surface area contributed by atoms with Crippen LogP contribution in [0.25, 0.3) is 0 Å². The van der Waals surface area contributed by atoms with Gasteiger partial charge in [0.2, 0.25) is 0 Å². The highest BCUT2D eigenvalue weighted by atomic mass is 32.1. The summed E-state index contributed by atoms with van der Waals surface area (Å²) in [5.41, 5.74) is 0. The van der Waals surface area contributed by atoms with Crippen molar-refractivity contribution in [2.75, 3.05) is 39.3 Å². The third-order valence-electron chi connectivity index (χ3n) is 4.43. The molecular weight excluding hydrogens is 268 g/mol. The molecule has 0 aliphatic carbocycles. The molecule has 0 bridgehead atoms. The van der Waals surface area contributed by atoms with Crippen molar-refractivity contribution in [3.05, 3.63) is 16.1 Å². The average Bonchev–Trinajstić information content (AvgIpc) is 2.90. The Balaban J connectivity index is 1.48. The topological polar surface area (TPSA) is 31.4 Å². The Kier molecular flexibility index (Phi) is 5.04. The lowest BCUT2D eigenvalue weighted by Gasteiger charge is -2.29. The van der Waals surface area contributed by atoms with Crippen LogP contribution in [0.1, 0.15) is 29.7 Å². The second kappa shape index (κ2) is 6.98. The zero-order chi connectivity index (χ0) is 13.8. The molecule has 5 heteroatoms. The van der Waals surface area contributed by atoms with Crippen molar-refractivity contribution in [1.82, 2.24) is 20.1 Å². The van der Waals surface area contributed by atoms with E-state index in [1.54, 1.807) is 0 Å². The molecule has 2 fully saturated rings. The van der Waals surface area contributed by atoms with Gasteiger partial charge in [-0.15, -0.1) is 11.3 Å². The third kappa shape index (κ3) is 4.01. The number of piperidine rings is 1. The lowest BCUT2D eigenvalue weighted by atomic mass is 9.99. The van der Waals surface area contributed by atoms with Gasteiger partial charge in [-0.05, 0) is 31.8 Å². The minimum Gasteiger partial charge on any atom is -0.314 e. The summed E-state index contributed by atoms with van der Waals surface area (Å²) >= 11 is 1.91. The summed E-state index contributed by atoms with van der Waals surface area (Å²) in [6, 6.07) is 0. The fraction of sp³-hybridized carbons (Fsp3) is 0.800. The van der Waals surface area contributed by atoms with Crippen LogP contribution in [0.2, 0.25) is 0 Å². The van der Waals surface area contributed by atoms with Gasteiger partial charge >= 0.3 is 0 Å². The predicted molar refractivity (Wildman–Crippen MR) is 83.9 cm³/mol. The minimum atomic E-state index is 0.908. The monoisotopic (exact) mass is 294 g/mol. The molecule has 3 heterocycles. The first kappa shape index (κ1) is 14.4. The van der Waals surface area contributed by atoms with Gasteiger partial charge in [0.15, 0.2) is 0 Å². The van der Waals surface area contributed by atoms with Crippen LogP contribution < -0.4 is 5.32 Å². The largest absolute Gasteiger partial charge is 0.314 e. The zero-order valence-electron chi connectivity index (χ0n) is 12.5. The van der Waals surface area contributed by atoms with Crippen LogP contribution in [-0.2, 0) is 13.1 Å². The lowest BCUT2D eigenvalue weighted by molar-refractivity contribution is 0.185. The second-order valence-electron chi connectivity index (χ2n) is 6.21. The number of aromatic nitrogens is 1. The number of hydrogen-bond acceptors (Lipinski definition) is 5. The van der Waals surface area contributed by atoms with E-state index < -0.39 is 0 Å². The highest BCUT2D eigenvalue weighted by molar-refractivity contribution is 7.11. The van der Waals surface area contributed by atoms with E-state index >= 15 is 0 Å². The number of nitrogens with one attached hydrogen (secondary N) is 1. The maximum absolute atomic E-state index is 4.63. The Morgan fingerprint density at radius 1 is 1.15 bits per heavy atom. The van der Waals surface area contributed by atoms with Gasteiger partial charge < -0.3 is 5.32 Å². The summed E-state index contributed by atoms with van der Waals surface area (Å²) in [6.45, 7) is 11.6. The van der Waals surface area contributed by atoms with Crippen LogP contribution in [0.3, 0.4) is 0 Å².